The molecule has 3 nitrogen and oxygen atoms in total. The third-order valence-corrected chi connectivity index (χ3v) is 4.98. The van der Waals surface area contributed by atoms with Crippen LogP contribution in [0, 0.1) is 0 Å². The molecule has 0 aliphatic carbocycles. The van der Waals surface area contributed by atoms with E-state index in [0.29, 0.717) is 19.1 Å². The maximum Gasteiger partial charge on any atom is 0.416 e. The Morgan fingerprint density at radius 1 is 1.25 bits per heavy atom. The van der Waals surface area contributed by atoms with E-state index in [2.05, 4.69) is 0 Å². The van der Waals surface area contributed by atoms with Crippen molar-refractivity contribution in [3.63, 3.8) is 0 Å². The van der Waals surface area contributed by atoms with Crippen molar-refractivity contribution in [3.05, 3.63) is 29.8 Å². The highest BCUT2D eigenvalue weighted by molar-refractivity contribution is 7.91. The summed E-state index contributed by atoms with van der Waals surface area (Å²) in [5.41, 5.74) is -0.955. The van der Waals surface area contributed by atoms with Gasteiger partial charge >= 0.3 is 6.18 Å². The van der Waals surface area contributed by atoms with Crippen molar-refractivity contribution in [2.24, 2.45) is 0 Å². The number of hydrogen-bond donors (Lipinski definition) is 0. The molecule has 0 spiro atoms. The van der Waals surface area contributed by atoms with E-state index in [-0.39, 0.29) is 10.6 Å². The monoisotopic (exact) mass is 308 g/mol. The Kier molecular flexibility index (Phi) is 4.39. The SMILES string of the molecule is O=S(=O)(C[C@H]1CCCCO1)c1cccc(C(F)(F)F)c1. The first-order valence-electron chi connectivity index (χ1n) is 6.31. The molecule has 1 saturated heterocycles. The van der Waals surface area contributed by atoms with E-state index in [4.69, 9.17) is 4.74 Å². The van der Waals surface area contributed by atoms with Gasteiger partial charge in [-0.25, -0.2) is 8.42 Å². The van der Waals surface area contributed by atoms with Crippen molar-refractivity contribution >= 4 is 9.84 Å². The number of halogens is 3. The summed E-state index contributed by atoms with van der Waals surface area (Å²) in [5, 5.41) is 0. The largest absolute Gasteiger partial charge is 0.416 e. The number of benzene rings is 1. The Morgan fingerprint density at radius 2 is 2.00 bits per heavy atom. The highest BCUT2D eigenvalue weighted by Gasteiger charge is 2.32. The van der Waals surface area contributed by atoms with Crippen LogP contribution in [0.2, 0.25) is 0 Å². The van der Waals surface area contributed by atoms with E-state index in [1.54, 1.807) is 0 Å². The summed E-state index contributed by atoms with van der Waals surface area (Å²) in [6.45, 7) is 0.503. The van der Waals surface area contributed by atoms with Crippen molar-refractivity contribution in [1.29, 1.82) is 0 Å². The lowest BCUT2D eigenvalue weighted by atomic mass is 10.1. The first-order chi connectivity index (χ1) is 9.29. The van der Waals surface area contributed by atoms with Crippen LogP contribution in [-0.4, -0.2) is 26.9 Å². The summed E-state index contributed by atoms with van der Waals surface area (Å²) < 4.78 is 67.4. The van der Waals surface area contributed by atoms with Crippen molar-refractivity contribution < 1.29 is 26.3 Å². The number of rotatable bonds is 3. The molecule has 0 unspecified atom stereocenters. The van der Waals surface area contributed by atoms with Gasteiger partial charge in [-0.1, -0.05) is 6.07 Å². The van der Waals surface area contributed by atoms with Crippen LogP contribution in [-0.2, 0) is 20.8 Å². The van der Waals surface area contributed by atoms with Crippen molar-refractivity contribution in [2.45, 2.75) is 36.4 Å². The molecule has 1 aliphatic rings. The van der Waals surface area contributed by atoms with Gasteiger partial charge in [0.05, 0.1) is 22.3 Å². The van der Waals surface area contributed by atoms with Crippen LogP contribution in [0.1, 0.15) is 24.8 Å². The van der Waals surface area contributed by atoms with Crippen LogP contribution in [0.5, 0.6) is 0 Å². The van der Waals surface area contributed by atoms with Gasteiger partial charge in [0.1, 0.15) is 0 Å². The topological polar surface area (TPSA) is 43.4 Å². The van der Waals surface area contributed by atoms with Crippen molar-refractivity contribution in [2.75, 3.05) is 12.4 Å². The summed E-state index contributed by atoms with van der Waals surface area (Å²) in [6.07, 6.45) is -2.59. The second-order valence-corrected chi connectivity index (χ2v) is 6.83. The van der Waals surface area contributed by atoms with E-state index in [1.165, 1.54) is 6.07 Å². The molecule has 112 valence electrons. The molecule has 0 saturated carbocycles. The first-order valence-corrected chi connectivity index (χ1v) is 7.96. The third kappa shape index (κ3) is 3.73. The second-order valence-electron chi connectivity index (χ2n) is 4.80. The molecule has 0 radical (unpaired) electrons. The average Bonchev–Trinajstić information content (AvgIpc) is 2.38. The molecular formula is C13H15F3O3S. The zero-order valence-corrected chi connectivity index (χ0v) is 11.5. The lowest BCUT2D eigenvalue weighted by molar-refractivity contribution is -0.137. The van der Waals surface area contributed by atoms with Gasteiger partial charge in [0.2, 0.25) is 0 Å². The van der Waals surface area contributed by atoms with Gasteiger partial charge in [-0.3, -0.25) is 0 Å². The summed E-state index contributed by atoms with van der Waals surface area (Å²) in [4.78, 5) is -0.304. The van der Waals surface area contributed by atoms with E-state index >= 15 is 0 Å². The Hall–Kier alpha value is -1.08. The number of sulfone groups is 1. The normalized spacial score (nSPS) is 20.9. The first kappa shape index (κ1) is 15.3. The molecule has 0 amide bonds. The van der Waals surface area contributed by atoms with Gasteiger partial charge in [0.25, 0.3) is 0 Å². The van der Waals surface area contributed by atoms with E-state index < -0.39 is 27.7 Å². The minimum absolute atomic E-state index is 0.270. The predicted molar refractivity (Wildman–Crippen MR) is 67.1 cm³/mol. The molecule has 1 heterocycles. The van der Waals surface area contributed by atoms with Crippen molar-refractivity contribution in [3.8, 4) is 0 Å². The highest BCUT2D eigenvalue weighted by Crippen LogP contribution is 2.31. The lowest BCUT2D eigenvalue weighted by Crippen LogP contribution is -2.27. The molecule has 0 aromatic heterocycles. The molecule has 7 heteroatoms. The Morgan fingerprint density at radius 3 is 2.60 bits per heavy atom. The summed E-state index contributed by atoms with van der Waals surface area (Å²) in [7, 11) is -3.77. The minimum atomic E-state index is -4.55. The molecular weight excluding hydrogens is 293 g/mol. The fourth-order valence-electron chi connectivity index (χ4n) is 2.15. The van der Waals surface area contributed by atoms with Gasteiger partial charge in [0.15, 0.2) is 9.84 Å². The zero-order valence-electron chi connectivity index (χ0n) is 10.7. The Balaban J connectivity index is 2.20. The Labute approximate surface area is 115 Å². The number of ether oxygens (including phenoxy) is 1. The van der Waals surface area contributed by atoms with Gasteiger partial charge in [-0.05, 0) is 37.5 Å². The average molecular weight is 308 g/mol. The smallest absolute Gasteiger partial charge is 0.377 e. The number of alkyl halides is 3. The van der Waals surface area contributed by atoms with Gasteiger partial charge in [0, 0.05) is 6.61 Å². The fourth-order valence-corrected chi connectivity index (χ4v) is 3.68. The molecule has 20 heavy (non-hydrogen) atoms. The predicted octanol–water partition coefficient (Wildman–Crippen LogP) is 3.05. The lowest BCUT2D eigenvalue weighted by Gasteiger charge is -2.22. The standard InChI is InChI=1S/C13H15F3O3S/c14-13(15,16)10-4-3-6-12(8-10)20(17,18)9-11-5-1-2-7-19-11/h3-4,6,8,11H,1-2,5,7,9H2/t11-/m1/s1. The maximum atomic E-state index is 12.6. The summed E-state index contributed by atoms with van der Waals surface area (Å²) in [5.74, 6) is -0.270. The molecule has 2 rings (SSSR count). The van der Waals surface area contributed by atoms with Crippen LogP contribution in [0.3, 0.4) is 0 Å². The summed E-state index contributed by atoms with van der Waals surface area (Å²) >= 11 is 0. The molecule has 1 aliphatic heterocycles. The minimum Gasteiger partial charge on any atom is -0.377 e. The molecule has 1 atom stereocenters. The van der Waals surface area contributed by atoms with Crippen LogP contribution < -0.4 is 0 Å². The second kappa shape index (κ2) is 5.73. The van der Waals surface area contributed by atoms with Gasteiger partial charge in [-0.2, -0.15) is 13.2 Å². The fraction of sp³-hybridized carbons (Fsp3) is 0.538. The zero-order chi connectivity index (χ0) is 14.8. The van der Waals surface area contributed by atoms with Gasteiger partial charge < -0.3 is 4.74 Å². The number of hydrogen-bond acceptors (Lipinski definition) is 3. The van der Waals surface area contributed by atoms with E-state index in [9.17, 15) is 21.6 Å². The van der Waals surface area contributed by atoms with E-state index in [1.807, 2.05) is 0 Å². The van der Waals surface area contributed by atoms with Crippen LogP contribution in [0.25, 0.3) is 0 Å². The summed E-state index contributed by atoms with van der Waals surface area (Å²) in [6, 6.07) is 3.83. The molecule has 0 bridgehead atoms. The van der Waals surface area contributed by atoms with Gasteiger partial charge in [-0.15, -0.1) is 0 Å². The van der Waals surface area contributed by atoms with Crippen LogP contribution >= 0.6 is 0 Å². The van der Waals surface area contributed by atoms with Crippen LogP contribution in [0.4, 0.5) is 13.2 Å². The van der Waals surface area contributed by atoms with Crippen molar-refractivity contribution in [1.82, 2.24) is 0 Å². The molecule has 1 aromatic rings. The molecule has 1 aromatic carbocycles. The molecule has 1 fully saturated rings. The Bertz CT molecular complexity index is 560. The third-order valence-electron chi connectivity index (χ3n) is 3.20. The maximum absolute atomic E-state index is 12.6. The van der Waals surface area contributed by atoms with E-state index in [0.717, 1.165) is 25.0 Å². The quantitative estimate of drug-likeness (QED) is 0.862. The van der Waals surface area contributed by atoms with Crippen LogP contribution in [0.15, 0.2) is 29.2 Å². The molecule has 0 N–H and O–H groups in total. The highest BCUT2D eigenvalue weighted by atomic mass is 32.2.